The van der Waals surface area contributed by atoms with Gasteiger partial charge in [-0.15, -0.1) is 0 Å². The van der Waals surface area contributed by atoms with Crippen molar-refractivity contribution >= 4 is 17.5 Å². The van der Waals surface area contributed by atoms with Crippen molar-refractivity contribution in [2.45, 2.75) is 19.4 Å². The molecule has 1 unspecified atom stereocenters. The largest absolute Gasteiger partial charge is 0.369 e. The summed E-state index contributed by atoms with van der Waals surface area (Å²) in [5, 5.41) is 0. The Bertz CT molecular complexity index is 484. The molecule has 1 aromatic rings. The Morgan fingerprint density at radius 3 is 2.47 bits per heavy atom. The standard InChI is InChI=1S/C14H19N3O2/c1-10(18)16(2)13-7-8-17(9-13)12-5-3-11(4-6-12)14(15)19/h3-6,13H,7-9H2,1-2H3,(H2,15,19). The fraction of sp³-hybridized carbons (Fsp3) is 0.429. The number of carbonyl (C=O) groups is 2. The quantitative estimate of drug-likeness (QED) is 0.877. The highest BCUT2D eigenvalue weighted by Crippen LogP contribution is 2.23. The second-order valence-electron chi connectivity index (χ2n) is 4.93. The molecular weight excluding hydrogens is 242 g/mol. The van der Waals surface area contributed by atoms with Gasteiger partial charge in [0.2, 0.25) is 11.8 Å². The van der Waals surface area contributed by atoms with Crippen molar-refractivity contribution in [3.8, 4) is 0 Å². The predicted octanol–water partition coefficient (Wildman–Crippen LogP) is 0.842. The van der Waals surface area contributed by atoms with Crippen LogP contribution in [-0.4, -0.2) is 42.9 Å². The summed E-state index contributed by atoms with van der Waals surface area (Å²) in [5.41, 5.74) is 6.79. The lowest BCUT2D eigenvalue weighted by Gasteiger charge is -2.24. The number of carbonyl (C=O) groups excluding carboxylic acids is 2. The maximum Gasteiger partial charge on any atom is 0.248 e. The Labute approximate surface area is 113 Å². The fourth-order valence-corrected chi connectivity index (χ4v) is 2.39. The molecule has 2 N–H and O–H groups in total. The maximum absolute atomic E-state index is 11.3. The van der Waals surface area contributed by atoms with Crippen LogP contribution in [-0.2, 0) is 4.79 Å². The van der Waals surface area contributed by atoms with Crippen LogP contribution in [0.3, 0.4) is 0 Å². The van der Waals surface area contributed by atoms with Gasteiger partial charge in [-0.2, -0.15) is 0 Å². The van der Waals surface area contributed by atoms with Crippen molar-refractivity contribution in [3.05, 3.63) is 29.8 Å². The minimum atomic E-state index is -0.415. The topological polar surface area (TPSA) is 66.6 Å². The van der Waals surface area contributed by atoms with Crippen LogP contribution in [0.25, 0.3) is 0 Å². The van der Waals surface area contributed by atoms with E-state index in [0.717, 1.165) is 25.2 Å². The number of likely N-dealkylation sites (N-methyl/N-ethyl adjacent to an activating group) is 1. The van der Waals surface area contributed by atoms with Crippen molar-refractivity contribution in [1.29, 1.82) is 0 Å². The van der Waals surface area contributed by atoms with Crippen LogP contribution in [0.2, 0.25) is 0 Å². The van der Waals surface area contributed by atoms with Crippen molar-refractivity contribution < 1.29 is 9.59 Å². The van der Waals surface area contributed by atoms with Crippen LogP contribution >= 0.6 is 0 Å². The molecule has 1 aromatic carbocycles. The third-order valence-electron chi connectivity index (χ3n) is 3.72. The Kier molecular flexibility index (Phi) is 3.74. The van der Waals surface area contributed by atoms with Gasteiger partial charge in [0.15, 0.2) is 0 Å². The first-order chi connectivity index (χ1) is 8.99. The summed E-state index contributed by atoms with van der Waals surface area (Å²) >= 11 is 0. The van der Waals surface area contributed by atoms with Crippen LogP contribution in [0.4, 0.5) is 5.69 Å². The van der Waals surface area contributed by atoms with E-state index in [0.29, 0.717) is 5.56 Å². The van der Waals surface area contributed by atoms with E-state index in [1.165, 1.54) is 0 Å². The molecule has 0 radical (unpaired) electrons. The van der Waals surface area contributed by atoms with Crippen LogP contribution in [0.5, 0.6) is 0 Å². The summed E-state index contributed by atoms with van der Waals surface area (Å²) in [7, 11) is 1.84. The number of rotatable bonds is 3. The molecule has 0 spiro atoms. The molecule has 0 aliphatic carbocycles. The van der Waals surface area contributed by atoms with Gasteiger partial charge in [-0.05, 0) is 30.7 Å². The molecule has 1 aliphatic heterocycles. The molecule has 1 atom stereocenters. The molecule has 1 heterocycles. The van der Waals surface area contributed by atoms with E-state index in [4.69, 9.17) is 5.73 Å². The molecule has 1 aliphatic rings. The number of nitrogens with zero attached hydrogens (tertiary/aromatic N) is 2. The van der Waals surface area contributed by atoms with E-state index in [1.54, 1.807) is 24.0 Å². The number of primary amides is 1. The molecule has 102 valence electrons. The highest BCUT2D eigenvalue weighted by Gasteiger charge is 2.27. The first-order valence-corrected chi connectivity index (χ1v) is 6.37. The Morgan fingerprint density at radius 1 is 1.32 bits per heavy atom. The van der Waals surface area contributed by atoms with Crippen molar-refractivity contribution in [2.75, 3.05) is 25.0 Å². The van der Waals surface area contributed by atoms with Gasteiger partial charge >= 0.3 is 0 Å². The highest BCUT2D eigenvalue weighted by molar-refractivity contribution is 5.93. The lowest BCUT2D eigenvalue weighted by Crippen LogP contribution is -2.37. The van der Waals surface area contributed by atoms with Crippen molar-refractivity contribution in [2.24, 2.45) is 5.73 Å². The summed E-state index contributed by atoms with van der Waals surface area (Å²) in [5.74, 6) is -0.321. The number of hydrogen-bond acceptors (Lipinski definition) is 3. The summed E-state index contributed by atoms with van der Waals surface area (Å²) < 4.78 is 0. The van der Waals surface area contributed by atoms with E-state index in [1.807, 2.05) is 19.2 Å². The first kappa shape index (κ1) is 13.4. The zero-order valence-corrected chi connectivity index (χ0v) is 11.3. The van der Waals surface area contributed by atoms with E-state index in [2.05, 4.69) is 4.90 Å². The summed E-state index contributed by atoms with van der Waals surface area (Å²) in [4.78, 5) is 26.4. The number of amides is 2. The minimum absolute atomic E-state index is 0.0935. The van der Waals surface area contributed by atoms with E-state index >= 15 is 0 Å². The van der Waals surface area contributed by atoms with Gasteiger partial charge < -0.3 is 15.5 Å². The normalized spacial score (nSPS) is 18.4. The molecule has 2 rings (SSSR count). The summed E-state index contributed by atoms with van der Waals surface area (Å²) in [6.07, 6.45) is 0.966. The monoisotopic (exact) mass is 261 g/mol. The third-order valence-corrected chi connectivity index (χ3v) is 3.72. The van der Waals surface area contributed by atoms with Crippen LogP contribution in [0, 0.1) is 0 Å². The number of nitrogens with two attached hydrogens (primary N) is 1. The van der Waals surface area contributed by atoms with Gasteiger partial charge in [0.05, 0.1) is 6.04 Å². The first-order valence-electron chi connectivity index (χ1n) is 6.37. The molecule has 1 fully saturated rings. The SMILES string of the molecule is CC(=O)N(C)C1CCN(c2ccc(C(N)=O)cc2)C1. The van der Waals surface area contributed by atoms with Crippen molar-refractivity contribution in [3.63, 3.8) is 0 Å². The average molecular weight is 261 g/mol. The summed E-state index contributed by atoms with van der Waals surface area (Å²) in [6, 6.07) is 7.53. The minimum Gasteiger partial charge on any atom is -0.369 e. The second kappa shape index (κ2) is 5.30. The zero-order chi connectivity index (χ0) is 14.0. The third kappa shape index (κ3) is 2.86. The fourth-order valence-electron chi connectivity index (χ4n) is 2.39. The van der Waals surface area contributed by atoms with Crippen molar-refractivity contribution in [1.82, 2.24) is 4.90 Å². The van der Waals surface area contributed by atoms with Gasteiger partial charge in [-0.1, -0.05) is 0 Å². The van der Waals surface area contributed by atoms with Gasteiger partial charge in [0.25, 0.3) is 0 Å². The molecule has 0 saturated carbocycles. The Balaban J connectivity index is 2.04. The molecule has 19 heavy (non-hydrogen) atoms. The van der Waals surface area contributed by atoms with Crippen LogP contribution in [0.15, 0.2) is 24.3 Å². The van der Waals surface area contributed by atoms with Crippen LogP contribution < -0.4 is 10.6 Å². The predicted molar refractivity (Wildman–Crippen MR) is 74.0 cm³/mol. The number of anilines is 1. The molecule has 1 saturated heterocycles. The lowest BCUT2D eigenvalue weighted by molar-refractivity contribution is -0.129. The second-order valence-corrected chi connectivity index (χ2v) is 4.93. The molecule has 0 aromatic heterocycles. The van der Waals surface area contributed by atoms with Gasteiger partial charge in [-0.25, -0.2) is 0 Å². The lowest BCUT2D eigenvalue weighted by atomic mass is 10.2. The smallest absolute Gasteiger partial charge is 0.248 e. The van der Waals surface area contributed by atoms with E-state index < -0.39 is 5.91 Å². The maximum atomic E-state index is 11.3. The number of benzene rings is 1. The molecule has 0 bridgehead atoms. The molecule has 5 heteroatoms. The van der Waals surface area contributed by atoms with Gasteiger partial charge in [0.1, 0.15) is 0 Å². The molecular formula is C14H19N3O2. The molecule has 5 nitrogen and oxygen atoms in total. The van der Waals surface area contributed by atoms with E-state index in [9.17, 15) is 9.59 Å². The molecule has 2 amide bonds. The summed E-state index contributed by atoms with van der Waals surface area (Å²) in [6.45, 7) is 3.33. The van der Waals surface area contributed by atoms with Gasteiger partial charge in [-0.3, -0.25) is 9.59 Å². The van der Waals surface area contributed by atoms with Crippen LogP contribution in [0.1, 0.15) is 23.7 Å². The van der Waals surface area contributed by atoms with Gasteiger partial charge in [0, 0.05) is 38.3 Å². The Hall–Kier alpha value is -2.04. The average Bonchev–Trinajstić information content (AvgIpc) is 2.87. The number of hydrogen-bond donors (Lipinski definition) is 1. The van der Waals surface area contributed by atoms with E-state index in [-0.39, 0.29) is 11.9 Å². The zero-order valence-electron chi connectivity index (χ0n) is 11.3. The Morgan fingerprint density at radius 2 is 1.95 bits per heavy atom. The highest BCUT2D eigenvalue weighted by atomic mass is 16.2.